The van der Waals surface area contributed by atoms with Crippen molar-refractivity contribution in [1.82, 2.24) is 5.32 Å². The van der Waals surface area contributed by atoms with Crippen LogP contribution in [0.4, 0.5) is 5.69 Å². The van der Waals surface area contributed by atoms with E-state index in [1.54, 1.807) is 0 Å². The second-order valence-corrected chi connectivity index (χ2v) is 5.40. The van der Waals surface area contributed by atoms with Crippen molar-refractivity contribution < 1.29 is 4.79 Å². The predicted octanol–water partition coefficient (Wildman–Crippen LogP) is 2.81. The fourth-order valence-corrected chi connectivity index (χ4v) is 2.05. The van der Waals surface area contributed by atoms with Crippen molar-refractivity contribution in [3.63, 3.8) is 0 Å². The molecule has 0 aliphatic heterocycles. The van der Waals surface area contributed by atoms with E-state index < -0.39 is 0 Å². The van der Waals surface area contributed by atoms with Gasteiger partial charge in [0.15, 0.2) is 0 Å². The Labute approximate surface area is 109 Å². The summed E-state index contributed by atoms with van der Waals surface area (Å²) in [5, 5.41) is 6.27. The molecule has 1 saturated carbocycles. The van der Waals surface area contributed by atoms with Crippen LogP contribution in [0.25, 0.3) is 0 Å². The SMILES string of the molecule is Cc1cccc(C(C)C)c1NC(=O)CNC1CC1. The lowest BCUT2D eigenvalue weighted by atomic mass is 9.98. The van der Waals surface area contributed by atoms with Crippen LogP contribution in [0.15, 0.2) is 18.2 Å². The number of amides is 1. The zero-order valence-corrected chi connectivity index (χ0v) is 11.4. The lowest BCUT2D eigenvalue weighted by Gasteiger charge is -2.16. The number of nitrogens with one attached hydrogen (secondary N) is 2. The molecule has 0 heterocycles. The van der Waals surface area contributed by atoms with Gasteiger partial charge < -0.3 is 10.6 Å². The molecule has 0 atom stereocenters. The average molecular weight is 246 g/mol. The number of carbonyl (C=O) groups excluding carboxylic acids is 1. The highest BCUT2D eigenvalue weighted by atomic mass is 16.1. The monoisotopic (exact) mass is 246 g/mol. The Balaban J connectivity index is 2.04. The molecule has 3 heteroatoms. The van der Waals surface area contributed by atoms with Crippen molar-refractivity contribution in [1.29, 1.82) is 0 Å². The summed E-state index contributed by atoms with van der Waals surface area (Å²) in [6.07, 6.45) is 2.41. The molecule has 1 fully saturated rings. The van der Waals surface area contributed by atoms with Gasteiger partial charge in [0.05, 0.1) is 6.54 Å². The molecule has 0 spiro atoms. The summed E-state index contributed by atoms with van der Waals surface area (Å²) in [7, 11) is 0. The number of aryl methyl sites for hydroxylation is 1. The quantitative estimate of drug-likeness (QED) is 0.838. The van der Waals surface area contributed by atoms with Crippen molar-refractivity contribution >= 4 is 11.6 Å². The zero-order chi connectivity index (χ0) is 13.1. The van der Waals surface area contributed by atoms with Crippen LogP contribution >= 0.6 is 0 Å². The summed E-state index contributed by atoms with van der Waals surface area (Å²) < 4.78 is 0. The summed E-state index contributed by atoms with van der Waals surface area (Å²) in [6, 6.07) is 6.73. The molecule has 1 aromatic rings. The highest BCUT2D eigenvalue weighted by Gasteiger charge is 2.21. The third-order valence-electron chi connectivity index (χ3n) is 3.32. The van der Waals surface area contributed by atoms with Gasteiger partial charge in [-0.05, 0) is 36.8 Å². The number of anilines is 1. The normalized spacial score (nSPS) is 14.9. The van der Waals surface area contributed by atoms with Crippen molar-refractivity contribution in [2.24, 2.45) is 0 Å². The molecule has 98 valence electrons. The molecule has 2 N–H and O–H groups in total. The molecule has 0 unspecified atom stereocenters. The molecule has 0 radical (unpaired) electrons. The van der Waals surface area contributed by atoms with Gasteiger partial charge in [-0.3, -0.25) is 4.79 Å². The second-order valence-electron chi connectivity index (χ2n) is 5.40. The fourth-order valence-electron chi connectivity index (χ4n) is 2.05. The van der Waals surface area contributed by atoms with E-state index in [4.69, 9.17) is 0 Å². The van der Waals surface area contributed by atoms with Gasteiger partial charge in [-0.25, -0.2) is 0 Å². The first-order valence-electron chi connectivity index (χ1n) is 6.70. The molecule has 1 amide bonds. The molecule has 2 rings (SSSR count). The molecule has 1 aliphatic carbocycles. The van der Waals surface area contributed by atoms with E-state index in [0.29, 0.717) is 18.5 Å². The van der Waals surface area contributed by atoms with E-state index in [1.807, 2.05) is 19.1 Å². The van der Waals surface area contributed by atoms with Gasteiger partial charge in [0.1, 0.15) is 0 Å². The molecule has 1 aliphatic rings. The highest BCUT2D eigenvalue weighted by molar-refractivity contribution is 5.94. The summed E-state index contributed by atoms with van der Waals surface area (Å²) in [4.78, 5) is 11.9. The zero-order valence-electron chi connectivity index (χ0n) is 11.4. The maximum Gasteiger partial charge on any atom is 0.238 e. The minimum atomic E-state index is 0.0538. The van der Waals surface area contributed by atoms with Crippen molar-refractivity contribution in [3.05, 3.63) is 29.3 Å². The lowest BCUT2D eigenvalue weighted by Crippen LogP contribution is -2.30. The van der Waals surface area contributed by atoms with E-state index in [-0.39, 0.29) is 5.91 Å². The van der Waals surface area contributed by atoms with Crippen LogP contribution in [-0.2, 0) is 4.79 Å². The third-order valence-corrected chi connectivity index (χ3v) is 3.32. The Morgan fingerprint density at radius 3 is 2.72 bits per heavy atom. The van der Waals surface area contributed by atoms with Crippen molar-refractivity contribution in [2.75, 3.05) is 11.9 Å². The van der Waals surface area contributed by atoms with Gasteiger partial charge in [0, 0.05) is 11.7 Å². The maximum absolute atomic E-state index is 11.9. The maximum atomic E-state index is 11.9. The van der Waals surface area contributed by atoms with Crippen LogP contribution in [0.1, 0.15) is 43.7 Å². The first kappa shape index (κ1) is 13.1. The van der Waals surface area contributed by atoms with Crippen LogP contribution in [0.5, 0.6) is 0 Å². The van der Waals surface area contributed by atoms with E-state index in [2.05, 4.69) is 30.5 Å². The molecule has 0 aromatic heterocycles. The number of para-hydroxylation sites is 1. The molecule has 3 nitrogen and oxygen atoms in total. The molecular weight excluding hydrogens is 224 g/mol. The Hall–Kier alpha value is -1.35. The van der Waals surface area contributed by atoms with E-state index in [1.165, 1.54) is 18.4 Å². The van der Waals surface area contributed by atoms with Crippen LogP contribution in [0, 0.1) is 6.92 Å². The molecule has 1 aromatic carbocycles. The predicted molar refractivity (Wildman–Crippen MR) is 74.9 cm³/mol. The van der Waals surface area contributed by atoms with Crippen LogP contribution < -0.4 is 10.6 Å². The third kappa shape index (κ3) is 3.33. The first-order chi connectivity index (χ1) is 8.58. The minimum Gasteiger partial charge on any atom is -0.324 e. The minimum absolute atomic E-state index is 0.0538. The number of hydrogen-bond donors (Lipinski definition) is 2. The van der Waals surface area contributed by atoms with Gasteiger partial charge in [0.2, 0.25) is 5.91 Å². The Kier molecular flexibility index (Phi) is 4.02. The van der Waals surface area contributed by atoms with Crippen molar-refractivity contribution in [2.45, 2.75) is 45.6 Å². The van der Waals surface area contributed by atoms with E-state index in [9.17, 15) is 4.79 Å². The lowest BCUT2D eigenvalue weighted by molar-refractivity contribution is -0.115. The Bertz CT molecular complexity index is 436. The van der Waals surface area contributed by atoms with Crippen molar-refractivity contribution in [3.8, 4) is 0 Å². The van der Waals surface area contributed by atoms with Gasteiger partial charge in [-0.1, -0.05) is 32.0 Å². The summed E-state index contributed by atoms with van der Waals surface area (Å²) in [6.45, 7) is 6.74. The molecule has 0 saturated heterocycles. The second kappa shape index (κ2) is 5.53. The Morgan fingerprint density at radius 1 is 1.39 bits per heavy atom. The summed E-state index contributed by atoms with van der Waals surface area (Å²) >= 11 is 0. The number of hydrogen-bond acceptors (Lipinski definition) is 2. The summed E-state index contributed by atoms with van der Waals surface area (Å²) in [5.74, 6) is 0.467. The first-order valence-corrected chi connectivity index (χ1v) is 6.70. The standard InChI is InChI=1S/C15H22N2O/c1-10(2)13-6-4-5-11(3)15(13)17-14(18)9-16-12-7-8-12/h4-6,10,12,16H,7-9H2,1-3H3,(H,17,18). The largest absolute Gasteiger partial charge is 0.324 e. The van der Waals surface area contributed by atoms with Crippen LogP contribution in [0.3, 0.4) is 0 Å². The highest BCUT2D eigenvalue weighted by Crippen LogP contribution is 2.27. The summed E-state index contributed by atoms with van der Waals surface area (Å²) in [5.41, 5.74) is 3.31. The van der Waals surface area contributed by atoms with Gasteiger partial charge >= 0.3 is 0 Å². The average Bonchev–Trinajstić information content (AvgIpc) is 3.12. The Morgan fingerprint density at radius 2 is 2.11 bits per heavy atom. The molecule has 0 bridgehead atoms. The smallest absolute Gasteiger partial charge is 0.238 e. The number of carbonyl (C=O) groups is 1. The van der Waals surface area contributed by atoms with Gasteiger partial charge in [-0.15, -0.1) is 0 Å². The number of benzene rings is 1. The van der Waals surface area contributed by atoms with E-state index in [0.717, 1.165) is 11.3 Å². The van der Waals surface area contributed by atoms with Gasteiger partial charge in [0.25, 0.3) is 0 Å². The molecular formula is C15H22N2O. The fraction of sp³-hybridized carbons (Fsp3) is 0.533. The van der Waals surface area contributed by atoms with Gasteiger partial charge in [-0.2, -0.15) is 0 Å². The number of rotatable bonds is 5. The molecule has 18 heavy (non-hydrogen) atoms. The topological polar surface area (TPSA) is 41.1 Å². The van der Waals surface area contributed by atoms with Crippen LogP contribution in [0.2, 0.25) is 0 Å². The van der Waals surface area contributed by atoms with E-state index >= 15 is 0 Å². The van der Waals surface area contributed by atoms with Crippen LogP contribution in [-0.4, -0.2) is 18.5 Å².